The number of carbonyl (C=O) groups excluding carboxylic acids is 1. The van der Waals surface area contributed by atoms with E-state index in [4.69, 9.17) is 4.74 Å². The van der Waals surface area contributed by atoms with E-state index in [0.29, 0.717) is 6.61 Å². The molecule has 3 nitrogen and oxygen atoms in total. The van der Waals surface area contributed by atoms with Crippen LogP contribution >= 0.6 is 11.8 Å². The van der Waals surface area contributed by atoms with Crippen LogP contribution in [0.25, 0.3) is 0 Å². The van der Waals surface area contributed by atoms with E-state index in [1.54, 1.807) is 0 Å². The van der Waals surface area contributed by atoms with Gasteiger partial charge in [-0.3, -0.25) is 4.79 Å². The van der Waals surface area contributed by atoms with Crippen LogP contribution in [0.5, 0.6) is 0 Å². The van der Waals surface area contributed by atoms with Gasteiger partial charge < -0.3 is 9.84 Å². The number of aliphatic hydroxyl groups is 1. The fraction of sp³-hybridized carbons (Fsp3) is 0.462. The second kappa shape index (κ2) is 8.28. The minimum atomic E-state index is -0.703. The Bertz CT molecular complexity index is 327. The van der Waals surface area contributed by atoms with Gasteiger partial charge in [-0.15, -0.1) is 0 Å². The lowest BCUT2D eigenvalue weighted by Crippen LogP contribution is -2.18. The van der Waals surface area contributed by atoms with E-state index in [-0.39, 0.29) is 18.1 Å². The van der Waals surface area contributed by atoms with Crippen LogP contribution in [0.4, 0.5) is 0 Å². The van der Waals surface area contributed by atoms with Crippen LogP contribution in [0.2, 0.25) is 0 Å². The van der Waals surface area contributed by atoms with E-state index in [9.17, 15) is 9.90 Å². The van der Waals surface area contributed by atoms with Crippen molar-refractivity contribution in [1.82, 2.24) is 0 Å². The molecule has 4 heteroatoms. The number of hydrogen-bond acceptors (Lipinski definition) is 4. The molecule has 0 aliphatic heterocycles. The minimum Gasteiger partial charge on any atom is -0.390 e. The van der Waals surface area contributed by atoms with Crippen molar-refractivity contribution < 1.29 is 14.6 Å². The molecular formula is C13H18O3S. The fourth-order valence-corrected chi connectivity index (χ4v) is 1.99. The van der Waals surface area contributed by atoms with Gasteiger partial charge in [0.05, 0.1) is 19.3 Å². The smallest absolute Gasteiger partial charge is 0.191 e. The number of carbonyl (C=O) groups is 1. The van der Waals surface area contributed by atoms with E-state index in [1.165, 1.54) is 11.8 Å². The zero-order valence-corrected chi connectivity index (χ0v) is 10.8. The van der Waals surface area contributed by atoms with Crippen LogP contribution in [-0.4, -0.2) is 28.7 Å². The Hall–Kier alpha value is -0.840. The molecule has 0 radical (unpaired) electrons. The van der Waals surface area contributed by atoms with Crippen LogP contribution in [0, 0.1) is 0 Å². The molecular weight excluding hydrogens is 236 g/mol. The predicted molar refractivity (Wildman–Crippen MR) is 69.9 cm³/mol. The van der Waals surface area contributed by atoms with Gasteiger partial charge in [-0.2, -0.15) is 0 Å². The highest BCUT2D eigenvalue weighted by molar-refractivity contribution is 8.13. The lowest BCUT2D eigenvalue weighted by molar-refractivity contribution is -0.113. The maximum atomic E-state index is 11.2. The first-order valence-corrected chi connectivity index (χ1v) is 6.66. The summed E-state index contributed by atoms with van der Waals surface area (Å²) < 4.78 is 5.35. The molecule has 0 heterocycles. The molecule has 94 valence electrons. The Morgan fingerprint density at radius 3 is 2.76 bits per heavy atom. The van der Waals surface area contributed by atoms with Crippen LogP contribution < -0.4 is 0 Å². The average molecular weight is 254 g/mol. The van der Waals surface area contributed by atoms with Gasteiger partial charge in [0.15, 0.2) is 5.12 Å². The van der Waals surface area contributed by atoms with Gasteiger partial charge in [0.1, 0.15) is 0 Å². The quantitative estimate of drug-likeness (QED) is 0.810. The molecule has 0 spiro atoms. The summed E-state index contributed by atoms with van der Waals surface area (Å²) in [6, 6.07) is 9.75. The first-order chi connectivity index (χ1) is 8.22. The van der Waals surface area contributed by atoms with E-state index in [1.807, 2.05) is 37.3 Å². The van der Waals surface area contributed by atoms with Crippen molar-refractivity contribution in [1.29, 1.82) is 0 Å². The number of hydrogen-bond donors (Lipinski definition) is 1. The molecule has 0 bridgehead atoms. The van der Waals surface area contributed by atoms with Gasteiger partial charge in [0, 0.05) is 6.42 Å². The van der Waals surface area contributed by atoms with Gasteiger partial charge >= 0.3 is 0 Å². The number of rotatable bonds is 7. The van der Waals surface area contributed by atoms with Crippen LogP contribution in [-0.2, 0) is 16.1 Å². The Labute approximate surface area is 106 Å². The fourth-order valence-electron chi connectivity index (χ4n) is 1.36. The van der Waals surface area contributed by atoms with Gasteiger partial charge in [0.2, 0.25) is 0 Å². The Morgan fingerprint density at radius 1 is 1.41 bits per heavy atom. The molecule has 1 rings (SSSR count). The number of aliphatic hydroxyl groups excluding tert-OH is 1. The summed E-state index contributed by atoms with van der Waals surface area (Å²) in [5.74, 6) is 0.746. The average Bonchev–Trinajstić information content (AvgIpc) is 2.30. The summed E-state index contributed by atoms with van der Waals surface area (Å²) in [5.41, 5.74) is 1.06. The summed E-state index contributed by atoms with van der Waals surface area (Å²) in [4.78, 5) is 11.2. The van der Waals surface area contributed by atoms with Crippen molar-refractivity contribution in [3.63, 3.8) is 0 Å². The van der Waals surface area contributed by atoms with Gasteiger partial charge in [-0.1, -0.05) is 49.0 Å². The molecule has 0 aromatic heterocycles. The van der Waals surface area contributed by atoms with E-state index < -0.39 is 6.10 Å². The Balaban J connectivity index is 2.16. The normalized spacial score (nSPS) is 12.4. The Kier molecular flexibility index (Phi) is 6.93. The zero-order valence-electron chi connectivity index (χ0n) is 9.96. The third kappa shape index (κ3) is 6.46. The first kappa shape index (κ1) is 14.2. The third-order valence-corrected chi connectivity index (χ3v) is 2.91. The van der Waals surface area contributed by atoms with Crippen molar-refractivity contribution in [3.05, 3.63) is 35.9 Å². The molecule has 1 N–H and O–H groups in total. The van der Waals surface area contributed by atoms with Crippen molar-refractivity contribution in [2.75, 3.05) is 12.4 Å². The van der Waals surface area contributed by atoms with Gasteiger partial charge in [0.25, 0.3) is 0 Å². The molecule has 0 aliphatic carbocycles. The molecule has 0 amide bonds. The maximum Gasteiger partial charge on any atom is 0.191 e. The van der Waals surface area contributed by atoms with E-state index in [0.717, 1.165) is 11.3 Å². The molecule has 1 atom stereocenters. The highest BCUT2D eigenvalue weighted by Gasteiger charge is 2.10. The number of thioether (sulfide) groups is 1. The van der Waals surface area contributed by atoms with Gasteiger partial charge in [-0.05, 0) is 11.3 Å². The van der Waals surface area contributed by atoms with E-state index in [2.05, 4.69) is 0 Å². The van der Waals surface area contributed by atoms with Crippen molar-refractivity contribution >= 4 is 16.9 Å². The van der Waals surface area contributed by atoms with Crippen LogP contribution in [0.1, 0.15) is 18.9 Å². The first-order valence-electron chi connectivity index (χ1n) is 5.67. The summed E-state index contributed by atoms with van der Waals surface area (Å²) in [5, 5.41) is 9.58. The third-order valence-electron chi connectivity index (χ3n) is 2.13. The molecule has 1 aromatic carbocycles. The molecule has 0 saturated heterocycles. The molecule has 0 fully saturated rings. The largest absolute Gasteiger partial charge is 0.390 e. The summed E-state index contributed by atoms with van der Waals surface area (Å²) in [7, 11) is 0. The highest BCUT2D eigenvalue weighted by atomic mass is 32.2. The number of benzene rings is 1. The lowest BCUT2D eigenvalue weighted by atomic mass is 10.2. The second-order valence-corrected chi connectivity index (χ2v) is 4.99. The van der Waals surface area contributed by atoms with Crippen LogP contribution in [0.3, 0.4) is 0 Å². The zero-order chi connectivity index (χ0) is 12.5. The molecule has 17 heavy (non-hydrogen) atoms. The van der Waals surface area contributed by atoms with Crippen LogP contribution in [0.15, 0.2) is 30.3 Å². The SMILES string of the molecule is CCSC(=O)CC(O)COCc1ccccc1. The minimum absolute atomic E-state index is 0.0170. The Morgan fingerprint density at radius 2 is 2.12 bits per heavy atom. The summed E-state index contributed by atoms with van der Waals surface area (Å²) in [6.45, 7) is 2.58. The topological polar surface area (TPSA) is 46.5 Å². The molecule has 1 unspecified atom stereocenters. The van der Waals surface area contributed by atoms with Crippen molar-refractivity contribution in [2.24, 2.45) is 0 Å². The highest BCUT2D eigenvalue weighted by Crippen LogP contribution is 2.08. The predicted octanol–water partition coefficient (Wildman–Crippen LogP) is 2.23. The molecule has 0 aliphatic rings. The number of ether oxygens (including phenoxy) is 1. The van der Waals surface area contributed by atoms with Gasteiger partial charge in [-0.25, -0.2) is 0 Å². The standard InChI is InChI=1S/C13H18O3S/c1-2-17-13(15)8-12(14)10-16-9-11-6-4-3-5-7-11/h3-7,12,14H,2,8-10H2,1H3. The molecule has 1 aromatic rings. The van der Waals surface area contributed by atoms with Crippen molar-refractivity contribution in [3.8, 4) is 0 Å². The lowest BCUT2D eigenvalue weighted by Gasteiger charge is -2.10. The molecule has 0 saturated carbocycles. The summed E-state index contributed by atoms with van der Waals surface area (Å²) in [6.07, 6.45) is -0.543. The van der Waals surface area contributed by atoms with E-state index >= 15 is 0 Å². The second-order valence-electron chi connectivity index (χ2n) is 3.66. The monoisotopic (exact) mass is 254 g/mol. The van der Waals surface area contributed by atoms with Crippen molar-refractivity contribution in [2.45, 2.75) is 26.1 Å². The maximum absolute atomic E-state index is 11.2. The summed E-state index contributed by atoms with van der Waals surface area (Å²) >= 11 is 1.23.